The average Bonchev–Trinajstić information content (AvgIpc) is 3.14. The number of halogens is 2. The number of hydrogen-bond donors (Lipinski definition) is 2. The molecule has 0 atom stereocenters. The molecule has 0 aliphatic heterocycles. The van der Waals surface area contributed by atoms with Gasteiger partial charge in [-0.3, -0.25) is 9.52 Å². The van der Waals surface area contributed by atoms with E-state index in [1.165, 1.54) is 30.3 Å². The Labute approximate surface area is 188 Å². The minimum absolute atomic E-state index is 0.0394. The molecule has 1 amide bonds. The van der Waals surface area contributed by atoms with Crippen molar-refractivity contribution in [3.05, 3.63) is 94.4 Å². The second-order valence-corrected chi connectivity index (χ2v) is 9.23. The molecule has 4 rings (SSSR count). The van der Waals surface area contributed by atoms with E-state index in [-0.39, 0.29) is 17.0 Å². The molecule has 0 spiro atoms. The summed E-state index contributed by atoms with van der Waals surface area (Å²) >= 11 is 11.9. The van der Waals surface area contributed by atoms with Crippen LogP contribution in [0.25, 0.3) is 5.65 Å². The number of nitrogens with one attached hydrogen (secondary N) is 2. The van der Waals surface area contributed by atoms with Crippen molar-refractivity contribution in [2.24, 2.45) is 0 Å². The fraction of sp³-hybridized carbons (Fsp3) is 0.0476. The molecular weight excluding hydrogens is 459 g/mol. The fourth-order valence-corrected chi connectivity index (χ4v) is 4.40. The van der Waals surface area contributed by atoms with Gasteiger partial charge in [0, 0.05) is 23.0 Å². The van der Waals surface area contributed by atoms with Gasteiger partial charge in [-0.25, -0.2) is 13.4 Å². The van der Waals surface area contributed by atoms with Crippen LogP contribution in [0.4, 0.5) is 5.69 Å². The van der Waals surface area contributed by atoms with Crippen LogP contribution in [0.2, 0.25) is 10.0 Å². The first-order chi connectivity index (χ1) is 14.8. The molecule has 2 aromatic heterocycles. The van der Waals surface area contributed by atoms with E-state index < -0.39 is 15.9 Å². The number of anilines is 1. The molecule has 0 bridgehead atoms. The third-order valence-corrected chi connectivity index (χ3v) is 6.22. The Bertz CT molecular complexity index is 1390. The zero-order valence-corrected chi connectivity index (χ0v) is 18.2. The molecule has 0 radical (unpaired) electrons. The summed E-state index contributed by atoms with van der Waals surface area (Å²) in [6, 6.07) is 15.6. The summed E-state index contributed by atoms with van der Waals surface area (Å²) in [5, 5.41) is 3.73. The van der Waals surface area contributed by atoms with Crippen molar-refractivity contribution >= 4 is 50.5 Å². The van der Waals surface area contributed by atoms with E-state index in [9.17, 15) is 13.2 Å². The largest absolute Gasteiger partial charge is 0.346 e. The number of fused-ring (bicyclic) bond motifs is 1. The summed E-state index contributed by atoms with van der Waals surface area (Å²) in [6.45, 7) is 0.176. The topological polar surface area (TPSA) is 92.6 Å². The highest BCUT2D eigenvalue weighted by Crippen LogP contribution is 2.20. The lowest BCUT2D eigenvalue weighted by Crippen LogP contribution is -2.23. The predicted octanol–water partition coefficient (Wildman–Crippen LogP) is 4.37. The van der Waals surface area contributed by atoms with Crippen LogP contribution < -0.4 is 10.0 Å². The number of rotatable bonds is 6. The minimum Gasteiger partial charge on any atom is -0.346 e. The van der Waals surface area contributed by atoms with E-state index in [1.807, 2.05) is 0 Å². The standard InChI is InChI=1S/C21H16Cl2N4O3S/c22-15-4-2-5-17(10-15)26-31(29,30)19-6-1-3-14(9-19)21(28)24-11-18-13-27-12-16(23)7-8-20(27)25-18/h1-10,12-13,26H,11H2,(H,24,28). The van der Waals surface area contributed by atoms with E-state index in [0.717, 1.165) is 0 Å². The van der Waals surface area contributed by atoms with Gasteiger partial charge in [0.15, 0.2) is 0 Å². The maximum atomic E-state index is 12.7. The van der Waals surface area contributed by atoms with Gasteiger partial charge >= 0.3 is 0 Å². The highest BCUT2D eigenvalue weighted by Gasteiger charge is 2.17. The summed E-state index contributed by atoms with van der Waals surface area (Å²) in [5.74, 6) is -0.421. The van der Waals surface area contributed by atoms with Gasteiger partial charge < -0.3 is 9.72 Å². The highest BCUT2D eigenvalue weighted by atomic mass is 35.5. The van der Waals surface area contributed by atoms with Gasteiger partial charge in [-0.05, 0) is 48.5 Å². The Hall–Kier alpha value is -3.07. The molecule has 2 N–H and O–H groups in total. The van der Waals surface area contributed by atoms with E-state index >= 15 is 0 Å². The van der Waals surface area contributed by atoms with Gasteiger partial charge in [-0.1, -0.05) is 35.3 Å². The van der Waals surface area contributed by atoms with Crippen molar-refractivity contribution in [2.75, 3.05) is 4.72 Å². The molecule has 10 heteroatoms. The number of carbonyl (C=O) groups excluding carboxylic acids is 1. The Morgan fingerprint density at radius 3 is 2.58 bits per heavy atom. The number of benzene rings is 2. The zero-order chi connectivity index (χ0) is 22.0. The summed E-state index contributed by atoms with van der Waals surface area (Å²) in [4.78, 5) is 16.9. The molecule has 4 aromatic rings. The highest BCUT2D eigenvalue weighted by molar-refractivity contribution is 7.92. The number of hydrogen-bond acceptors (Lipinski definition) is 4. The van der Waals surface area contributed by atoms with Crippen LogP contribution in [0.15, 0.2) is 78.0 Å². The van der Waals surface area contributed by atoms with Gasteiger partial charge in [-0.15, -0.1) is 0 Å². The van der Waals surface area contributed by atoms with Gasteiger partial charge in [0.25, 0.3) is 15.9 Å². The minimum atomic E-state index is -3.89. The van der Waals surface area contributed by atoms with E-state index in [4.69, 9.17) is 23.2 Å². The second kappa shape index (κ2) is 8.58. The van der Waals surface area contributed by atoms with Crippen LogP contribution in [0.3, 0.4) is 0 Å². The lowest BCUT2D eigenvalue weighted by atomic mass is 10.2. The van der Waals surface area contributed by atoms with Crippen LogP contribution in [-0.4, -0.2) is 23.7 Å². The fourth-order valence-electron chi connectivity index (χ4n) is 2.95. The van der Waals surface area contributed by atoms with Crippen molar-refractivity contribution in [1.29, 1.82) is 0 Å². The van der Waals surface area contributed by atoms with Crippen molar-refractivity contribution in [3.63, 3.8) is 0 Å². The average molecular weight is 475 g/mol. The maximum absolute atomic E-state index is 12.7. The number of carbonyl (C=O) groups is 1. The van der Waals surface area contributed by atoms with E-state index in [0.29, 0.717) is 27.1 Å². The maximum Gasteiger partial charge on any atom is 0.261 e. The number of pyridine rings is 1. The first kappa shape index (κ1) is 21.2. The molecule has 31 heavy (non-hydrogen) atoms. The van der Waals surface area contributed by atoms with Gasteiger partial charge in [0.05, 0.1) is 27.8 Å². The third-order valence-electron chi connectivity index (χ3n) is 4.38. The number of nitrogens with zero attached hydrogens (tertiary/aromatic N) is 2. The van der Waals surface area contributed by atoms with Crippen LogP contribution in [0, 0.1) is 0 Å². The number of aromatic nitrogens is 2. The monoisotopic (exact) mass is 474 g/mol. The smallest absolute Gasteiger partial charge is 0.261 e. The lowest BCUT2D eigenvalue weighted by molar-refractivity contribution is 0.0950. The predicted molar refractivity (Wildman–Crippen MR) is 120 cm³/mol. The Kier molecular flexibility index (Phi) is 5.86. The van der Waals surface area contributed by atoms with E-state index in [2.05, 4.69) is 15.0 Å². The van der Waals surface area contributed by atoms with Crippen LogP contribution in [0.1, 0.15) is 16.1 Å². The van der Waals surface area contributed by atoms with Crippen molar-refractivity contribution in [1.82, 2.24) is 14.7 Å². The molecule has 0 aliphatic carbocycles. The van der Waals surface area contributed by atoms with Crippen molar-refractivity contribution < 1.29 is 13.2 Å². The summed E-state index contributed by atoms with van der Waals surface area (Å²) in [7, 11) is -3.89. The lowest BCUT2D eigenvalue weighted by Gasteiger charge is -2.10. The van der Waals surface area contributed by atoms with Crippen LogP contribution >= 0.6 is 23.2 Å². The first-order valence-electron chi connectivity index (χ1n) is 9.10. The summed E-state index contributed by atoms with van der Waals surface area (Å²) < 4.78 is 29.6. The van der Waals surface area contributed by atoms with E-state index in [1.54, 1.807) is 47.1 Å². The van der Waals surface area contributed by atoms with Crippen LogP contribution in [-0.2, 0) is 16.6 Å². The molecule has 158 valence electrons. The summed E-state index contributed by atoms with van der Waals surface area (Å²) in [5.41, 5.74) is 1.88. The zero-order valence-electron chi connectivity index (χ0n) is 15.9. The number of imidazole rings is 1. The Balaban J connectivity index is 1.48. The van der Waals surface area contributed by atoms with Crippen molar-refractivity contribution in [2.45, 2.75) is 11.4 Å². The molecule has 0 saturated heterocycles. The molecule has 0 unspecified atom stereocenters. The normalized spacial score (nSPS) is 11.4. The Morgan fingerprint density at radius 2 is 1.77 bits per heavy atom. The quantitative estimate of drug-likeness (QED) is 0.433. The second-order valence-electron chi connectivity index (χ2n) is 6.67. The SMILES string of the molecule is O=C(NCc1cn2cc(Cl)ccc2n1)c1cccc(S(=O)(=O)Nc2cccc(Cl)c2)c1. The third kappa shape index (κ3) is 4.99. The van der Waals surface area contributed by atoms with Crippen molar-refractivity contribution in [3.8, 4) is 0 Å². The molecule has 0 aliphatic rings. The molecule has 7 nitrogen and oxygen atoms in total. The molecule has 2 aromatic carbocycles. The number of sulfonamides is 1. The molecular formula is C21H16Cl2N4O3S. The first-order valence-corrected chi connectivity index (χ1v) is 11.3. The molecule has 0 saturated carbocycles. The Morgan fingerprint density at radius 1 is 0.968 bits per heavy atom. The molecule has 2 heterocycles. The molecule has 0 fully saturated rings. The summed E-state index contributed by atoms with van der Waals surface area (Å²) in [6.07, 6.45) is 3.48. The van der Waals surface area contributed by atoms with Gasteiger partial charge in [0.2, 0.25) is 0 Å². The van der Waals surface area contributed by atoms with Gasteiger partial charge in [-0.2, -0.15) is 0 Å². The number of amides is 1. The van der Waals surface area contributed by atoms with Crippen LogP contribution in [0.5, 0.6) is 0 Å². The van der Waals surface area contributed by atoms with Gasteiger partial charge in [0.1, 0.15) is 5.65 Å².